The number of likely N-dealkylation sites (tertiary alicyclic amines) is 1. The highest BCUT2D eigenvalue weighted by atomic mass is 16.7. The number of nitrogens with zero attached hydrogens (tertiary/aromatic N) is 3. The van der Waals surface area contributed by atoms with Crippen molar-refractivity contribution in [1.82, 2.24) is 14.7 Å². The molecule has 41 heavy (non-hydrogen) atoms. The summed E-state index contributed by atoms with van der Waals surface area (Å²) >= 11 is 0. The molecule has 2 aromatic rings. The van der Waals surface area contributed by atoms with Crippen LogP contribution < -0.4 is 19.9 Å². The molecular weight excluding hydrogens is 524 g/mol. The molecule has 0 aromatic heterocycles. The Morgan fingerprint density at radius 2 is 1.63 bits per heavy atom. The van der Waals surface area contributed by atoms with Crippen molar-refractivity contribution in [3.63, 3.8) is 0 Å². The van der Waals surface area contributed by atoms with Crippen molar-refractivity contribution < 1.29 is 28.6 Å². The number of nitrogens with two attached hydrogens (primary N) is 1. The van der Waals surface area contributed by atoms with Crippen molar-refractivity contribution in [3.8, 4) is 17.2 Å². The molecule has 0 spiro atoms. The number of β-lactam (4-membered cyclic amide) rings is 1. The number of hydrogen-bond donors (Lipinski definition) is 1. The van der Waals surface area contributed by atoms with E-state index in [1.54, 1.807) is 24.3 Å². The molecular formula is C31H40N4O6. The van der Waals surface area contributed by atoms with Gasteiger partial charge in [-0.05, 0) is 68.3 Å². The summed E-state index contributed by atoms with van der Waals surface area (Å²) in [6.07, 6.45) is 2.10. The molecule has 10 heteroatoms. The molecule has 2 fully saturated rings. The van der Waals surface area contributed by atoms with Crippen LogP contribution in [-0.4, -0.2) is 78.2 Å². The predicted octanol–water partition coefficient (Wildman–Crippen LogP) is 3.55. The Balaban J connectivity index is 1.50. The average molecular weight is 565 g/mol. The van der Waals surface area contributed by atoms with Crippen molar-refractivity contribution in [1.29, 1.82) is 0 Å². The Kier molecular flexibility index (Phi) is 7.87. The van der Waals surface area contributed by atoms with E-state index in [1.165, 1.54) is 4.90 Å². The maximum atomic E-state index is 14.0. The van der Waals surface area contributed by atoms with Gasteiger partial charge in [-0.1, -0.05) is 33.3 Å². The van der Waals surface area contributed by atoms with Gasteiger partial charge in [-0.2, -0.15) is 0 Å². The fourth-order valence-electron chi connectivity index (χ4n) is 6.51. The zero-order valence-electron chi connectivity index (χ0n) is 24.4. The average Bonchev–Trinajstić information content (AvgIpc) is 3.45. The first-order valence-electron chi connectivity index (χ1n) is 14.5. The van der Waals surface area contributed by atoms with Crippen LogP contribution in [0.2, 0.25) is 0 Å². The number of likely N-dealkylation sites (N-methyl/N-ethyl adjacent to an activating group) is 1. The van der Waals surface area contributed by atoms with E-state index in [2.05, 4.69) is 4.90 Å². The second kappa shape index (κ2) is 11.2. The molecule has 2 unspecified atom stereocenters. The Labute approximate surface area is 241 Å². The minimum Gasteiger partial charge on any atom is -0.457 e. The largest absolute Gasteiger partial charge is 0.457 e. The van der Waals surface area contributed by atoms with Gasteiger partial charge in [0.1, 0.15) is 11.2 Å². The number of hydrogen-bond acceptors (Lipinski definition) is 7. The third kappa shape index (κ3) is 4.58. The molecule has 0 radical (unpaired) electrons. The SMILES string of the molecule is CCCC(c1ccc2c(c1)OCO2)N1C(=O)C(CC)(CC)C1(Oc1ccc(C(=O)N2CCN(C)CC2)cc1)C(N)=O. The number of benzene rings is 2. The van der Waals surface area contributed by atoms with Gasteiger partial charge < -0.3 is 29.7 Å². The van der Waals surface area contributed by atoms with Gasteiger partial charge in [0.2, 0.25) is 12.7 Å². The van der Waals surface area contributed by atoms with E-state index in [0.717, 1.165) is 25.1 Å². The van der Waals surface area contributed by atoms with Gasteiger partial charge >= 0.3 is 0 Å². The molecule has 0 saturated carbocycles. The van der Waals surface area contributed by atoms with Gasteiger partial charge in [-0.3, -0.25) is 19.3 Å². The summed E-state index contributed by atoms with van der Waals surface area (Å²) in [4.78, 5) is 46.2. The standard InChI is InChI=1S/C31H40N4O6/c1-5-8-24(22-11-14-25-26(19-22)40-20-39-25)35-29(38)30(6-2,7-3)31(35,28(32)37)41-23-12-9-21(10-13-23)27(36)34-17-15-33(4)16-18-34/h9-14,19,24H,5-8,15-18,20H2,1-4H3,(H2,32,37). The molecule has 2 N–H and O–H groups in total. The van der Waals surface area contributed by atoms with Crippen LogP contribution in [0.4, 0.5) is 0 Å². The summed E-state index contributed by atoms with van der Waals surface area (Å²) in [5.74, 6) is 0.666. The molecule has 3 heterocycles. The molecule has 2 aromatic carbocycles. The minimum atomic E-state index is -1.72. The van der Waals surface area contributed by atoms with Crippen molar-refractivity contribution in [2.45, 2.75) is 58.2 Å². The lowest BCUT2D eigenvalue weighted by Gasteiger charge is -2.63. The lowest BCUT2D eigenvalue weighted by atomic mass is 9.61. The van der Waals surface area contributed by atoms with E-state index >= 15 is 0 Å². The summed E-state index contributed by atoms with van der Waals surface area (Å²) in [6.45, 7) is 8.93. The number of fused-ring (bicyclic) bond motifs is 1. The lowest BCUT2D eigenvalue weighted by molar-refractivity contribution is -0.253. The zero-order chi connectivity index (χ0) is 29.4. The summed E-state index contributed by atoms with van der Waals surface area (Å²) < 4.78 is 17.6. The monoisotopic (exact) mass is 564 g/mol. The van der Waals surface area contributed by atoms with Crippen LogP contribution in [0.25, 0.3) is 0 Å². The fourth-order valence-corrected chi connectivity index (χ4v) is 6.51. The van der Waals surface area contributed by atoms with Crippen molar-refractivity contribution in [3.05, 3.63) is 53.6 Å². The first kappa shape index (κ1) is 28.7. The number of piperazine rings is 1. The van der Waals surface area contributed by atoms with E-state index in [0.29, 0.717) is 55.2 Å². The molecule has 2 saturated heterocycles. The van der Waals surface area contributed by atoms with Gasteiger partial charge in [-0.15, -0.1) is 0 Å². The maximum absolute atomic E-state index is 14.0. The molecule has 3 aliphatic rings. The van der Waals surface area contributed by atoms with E-state index in [-0.39, 0.29) is 18.6 Å². The highest BCUT2D eigenvalue weighted by molar-refractivity contribution is 6.05. The van der Waals surface area contributed by atoms with Gasteiger partial charge in [0.15, 0.2) is 11.5 Å². The number of carbonyl (C=O) groups is 3. The number of primary amides is 1. The van der Waals surface area contributed by atoms with Gasteiger partial charge in [0.25, 0.3) is 17.5 Å². The Morgan fingerprint density at radius 3 is 2.24 bits per heavy atom. The van der Waals surface area contributed by atoms with E-state index in [1.807, 2.05) is 50.9 Å². The normalized spacial score (nSPS) is 22.3. The molecule has 5 rings (SSSR count). The summed E-state index contributed by atoms with van der Waals surface area (Å²) in [5, 5.41) is 0. The first-order valence-corrected chi connectivity index (χ1v) is 14.5. The molecule has 0 aliphatic carbocycles. The topological polar surface area (TPSA) is 115 Å². The van der Waals surface area contributed by atoms with Crippen LogP contribution in [0.3, 0.4) is 0 Å². The van der Waals surface area contributed by atoms with Crippen LogP contribution in [0.1, 0.15) is 68.4 Å². The number of amides is 3. The van der Waals surface area contributed by atoms with Crippen molar-refractivity contribution >= 4 is 17.7 Å². The molecule has 3 aliphatic heterocycles. The van der Waals surface area contributed by atoms with Crippen molar-refractivity contribution in [2.24, 2.45) is 11.1 Å². The number of rotatable bonds is 10. The van der Waals surface area contributed by atoms with E-state index in [9.17, 15) is 14.4 Å². The summed E-state index contributed by atoms with van der Waals surface area (Å²) in [5.41, 5.74) is 4.69. The van der Waals surface area contributed by atoms with Crippen molar-refractivity contribution in [2.75, 3.05) is 40.0 Å². The first-order chi connectivity index (χ1) is 19.7. The van der Waals surface area contributed by atoms with Gasteiger partial charge in [0, 0.05) is 31.7 Å². The Morgan fingerprint density at radius 1 is 0.976 bits per heavy atom. The molecule has 0 bridgehead atoms. The quantitative estimate of drug-likeness (QED) is 0.439. The Hall–Kier alpha value is -3.79. The fraction of sp³-hybridized carbons (Fsp3) is 0.516. The van der Waals surface area contributed by atoms with Crippen LogP contribution in [0.15, 0.2) is 42.5 Å². The third-order valence-corrected chi connectivity index (χ3v) is 8.97. The Bertz CT molecular complexity index is 1300. The predicted molar refractivity (Wildman–Crippen MR) is 152 cm³/mol. The van der Waals surface area contributed by atoms with Crippen LogP contribution in [-0.2, 0) is 9.59 Å². The smallest absolute Gasteiger partial charge is 0.284 e. The van der Waals surface area contributed by atoms with Crippen LogP contribution >= 0.6 is 0 Å². The lowest BCUT2D eigenvalue weighted by Crippen LogP contribution is -2.84. The van der Waals surface area contributed by atoms with Gasteiger partial charge in [-0.25, -0.2) is 0 Å². The number of carbonyl (C=O) groups excluding carboxylic acids is 3. The summed E-state index contributed by atoms with van der Waals surface area (Å²) in [6, 6.07) is 11.9. The second-order valence-electron chi connectivity index (χ2n) is 11.1. The highest BCUT2D eigenvalue weighted by Crippen LogP contribution is 2.58. The maximum Gasteiger partial charge on any atom is 0.284 e. The van der Waals surface area contributed by atoms with Gasteiger partial charge in [0.05, 0.1) is 6.04 Å². The molecule has 220 valence electrons. The minimum absolute atomic E-state index is 0.0444. The molecule has 3 amide bonds. The van der Waals surface area contributed by atoms with Crippen LogP contribution in [0.5, 0.6) is 17.2 Å². The van der Waals surface area contributed by atoms with Crippen LogP contribution in [0, 0.1) is 5.41 Å². The zero-order valence-corrected chi connectivity index (χ0v) is 24.4. The van der Waals surface area contributed by atoms with E-state index in [4.69, 9.17) is 19.9 Å². The highest BCUT2D eigenvalue weighted by Gasteiger charge is 2.76. The van der Waals surface area contributed by atoms with E-state index < -0.39 is 23.1 Å². The second-order valence-corrected chi connectivity index (χ2v) is 11.1. The molecule has 10 nitrogen and oxygen atoms in total. The third-order valence-electron chi connectivity index (χ3n) is 8.97. The molecule has 2 atom stereocenters. The summed E-state index contributed by atoms with van der Waals surface area (Å²) in [7, 11) is 2.04. The number of ether oxygens (including phenoxy) is 3.